The van der Waals surface area contributed by atoms with Crippen molar-refractivity contribution in [1.29, 1.82) is 0 Å². The lowest BCUT2D eigenvalue weighted by Gasteiger charge is -2.09. The van der Waals surface area contributed by atoms with Crippen molar-refractivity contribution in [2.75, 3.05) is 13.7 Å². The first-order chi connectivity index (χ1) is 11.7. The number of hydrogen-bond donors (Lipinski definition) is 1. The summed E-state index contributed by atoms with van der Waals surface area (Å²) in [6, 6.07) is 15.5. The van der Waals surface area contributed by atoms with Gasteiger partial charge in [-0.25, -0.2) is 5.43 Å². The highest BCUT2D eigenvalue weighted by molar-refractivity contribution is 5.82. The number of ether oxygens (including phenoxy) is 2. The van der Waals surface area contributed by atoms with E-state index in [2.05, 4.69) is 10.5 Å². The Morgan fingerprint density at radius 2 is 1.92 bits per heavy atom. The van der Waals surface area contributed by atoms with Crippen LogP contribution in [0, 0.1) is 0 Å². The first-order valence-corrected chi connectivity index (χ1v) is 7.51. The van der Waals surface area contributed by atoms with Gasteiger partial charge in [0.1, 0.15) is 6.61 Å². The standard InChI is InChI=1S/C19H20N2O3/c1-15(22)21-20-14-17-10-11-18(19(13-17)23-2)24-12-6-9-16-7-4-3-5-8-16/h3-11,13-14H,12H2,1-2H3,(H,21,22)/b9-6+,20-14?. The third-order valence-corrected chi connectivity index (χ3v) is 3.07. The number of nitrogens with zero attached hydrogens (tertiary/aromatic N) is 1. The fraction of sp³-hybridized carbons (Fsp3) is 0.158. The van der Waals surface area contributed by atoms with Crippen LogP contribution in [0.4, 0.5) is 0 Å². The number of carbonyl (C=O) groups is 1. The zero-order chi connectivity index (χ0) is 17.2. The second-order valence-corrected chi connectivity index (χ2v) is 4.96. The quantitative estimate of drug-likeness (QED) is 0.628. The van der Waals surface area contributed by atoms with Crippen molar-refractivity contribution in [2.24, 2.45) is 5.10 Å². The van der Waals surface area contributed by atoms with Gasteiger partial charge in [0.15, 0.2) is 11.5 Å². The summed E-state index contributed by atoms with van der Waals surface area (Å²) in [5, 5.41) is 3.82. The number of hydrazone groups is 1. The van der Waals surface area contributed by atoms with Crippen LogP contribution >= 0.6 is 0 Å². The van der Waals surface area contributed by atoms with Gasteiger partial charge < -0.3 is 9.47 Å². The highest BCUT2D eigenvalue weighted by atomic mass is 16.5. The van der Waals surface area contributed by atoms with E-state index < -0.39 is 0 Å². The first kappa shape index (κ1) is 17.3. The fourth-order valence-electron chi connectivity index (χ4n) is 1.97. The van der Waals surface area contributed by atoms with E-state index in [9.17, 15) is 4.79 Å². The molecule has 124 valence electrons. The summed E-state index contributed by atoms with van der Waals surface area (Å²) < 4.78 is 11.1. The zero-order valence-corrected chi connectivity index (χ0v) is 13.7. The van der Waals surface area contributed by atoms with E-state index in [1.54, 1.807) is 19.4 Å². The molecule has 0 aromatic heterocycles. The number of hydrogen-bond acceptors (Lipinski definition) is 4. The number of amides is 1. The highest BCUT2D eigenvalue weighted by Crippen LogP contribution is 2.27. The lowest BCUT2D eigenvalue weighted by atomic mass is 10.2. The van der Waals surface area contributed by atoms with Crippen LogP contribution in [0.1, 0.15) is 18.1 Å². The van der Waals surface area contributed by atoms with Gasteiger partial charge in [-0.3, -0.25) is 4.79 Å². The van der Waals surface area contributed by atoms with Gasteiger partial charge >= 0.3 is 0 Å². The van der Waals surface area contributed by atoms with Crippen LogP contribution in [-0.2, 0) is 4.79 Å². The summed E-state index contributed by atoms with van der Waals surface area (Å²) in [5.41, 5.74) is 4.27. The molecule has 0 fully saturated rings. The molecule has 0 unspecified atom stereocenters. The fourth-order valence-corrected chi connectivity index (χ4v) is 1.97. The maximum atomic E-state index is 10.8. The Balaban J connectivity index is 1.96. The normalized spacial score (nSPS) is 10.9. The van der Waals surface area contributed by atoms with Gasteiger partial charge in [0.05, 0.1) is 13.3 Å². The van der Waals surface area contributed by atoms with E-state index in [1.165, 1.54) is 6.92 Å². The van der Waals surface area contributed by atoms with E-state index in [1.807, 2.05) is 54.6 Å². The summed E-state index contributed by atoms with van der Waals surface area (Å²) >= 11 is 0. The number of benzene rings is 2. The molecule has 0 heterocycles. The molecule has 0 aliphatic heterocycles. The van der Waals surface area contributed by atoms with E-state index in [0.717, 1.165) is 11.1 Å². The van der Waals surface area contributed by atoms with Crippen LogP contribution < -0.4 is 14.9 Å². The average molecular weight is 324 g/mol. The molecule has 1 N–H and O–H groups in total. The molecule has 0 aliphatic carbocycles. The van der Waals surface area contributed by atoms with Gasteiger partial charge in [0, 0.05) is 6.92 Å². The van der Waals surface area contributed by atoms with Crippen molar-refractivity contribution in [3.05, 3.63) is 65.7 Å². The van der Waals surface area contributed by atoms with Crippen LogP contribution in [-0.4, -0.2) is 25.8 Å². The summed E-state index contributed by atoms with van der Waals surface area (Å²) in [7, 11) is 1.58. The first-order valence-electron chi connectivity index (χ1n) is 7.51. The zero-order valence-electron chi connectivity index (χ0n) is 13.7. The van der Waals surface area contributed by atoms with Crippen molar-refractivity contribution < 1.29 is 14.3 Å². The predicted molar refractivity (Wildman–Crippen MR) is 95.4 cm³/mol. The van der Waals surface area contributed by atoms with E-state index in [0.29, 0.717) is 18.1 Å². The van der Waals surface area contributed by atoms with Gasteiger partial charge in [-0.1, -0.05) is 36.4 Å². The van der Waals surface area contributed by atoms with Crippen LogP contribution in [0.2, 0.25) is 0 Å². The third kappa shape index (κ3) is 5.61. The second kappa shape index (κ2) is 9.15. The minimum absolute atomic E-state index is 0.219. The second-order valence-electron chi connectivity index (χ2n) is 4.96. The number of nitrogens with one attached hydrogen (secondary N) is 1. The smallest absolute Gasteiger partial charge is 0.236 e. The van der Waals surface area contributed by atoms with Crippen molar-refractivity contribution in [2.45, 2.75) is 6.92 Å². The van der Waals surface area contributed by atoms with Crippen molar-refractivity contribution in [3.63, 3.8) is 0 Å². The molecular formula is C19H20N2O3. The number of carbonyl (C=O) groups excluding carboxylic acids is 1. The minimum Gasteiger partial charge on any atom is -0.493 e. The lowest BCUT2D eigenvalue weighted by Crippen LogP contribution is -2.12. The van der Waals surface area contributed by atoms with Crippen LogP contribution in [0.25, 0.3) is 6.08 Å². The van der Waals surface area contributed by atoms with Gasteiger partial charge in [0.25, 0.3) is 0 Å². The average Bonchev–Trinajstić information content (AvgIpc) is 2.60. The third-order valence-electron chi connectivity index (χ3n) is 3.07. The molecule has 5 nitrogen and oxygen atoms in total. The molecule has 0 saturated carbocycles. The van der Waals surface area contributed by atoms with Crippen LogP contribution in [0.15, 0.2) is 59.7 Å². The summed E-state index contributed by atoms with van der Waals surface area (Å²) in [6.45, 7) is 1.84. The van der Waals surface area contributed by atoms with E-state index in [4.69, 9.17) is 9.47 Å². The SMILES string of the molecule is COc1cc(C=NNC(C)=O)ccc1OC/C=C/c1ccccc1. The minimum atomic E-state index is -0.219. The summed E-state index contributed by atoms with van der Waals surface area (Å²) in [6.07, 6.45) is 5.49. The Kier molecular flexibility index (Phi) is 6.58. The highest BCUT2D eigenvalue weighted by Gasteiger charge is 2.04. The largest absolute Gasteiger partial charge is 0.493 e. The van der Waals surface area contributed by atoms with Gasteiger partial charge in [-0.15, -0.1) is 0 Å². The Bertz CT molecular complexity index is 725. The molecule has 2 rings (SSSR count). The Labute approximate surface area is 141 Å². The summed E-state index contributed by atoms with van der Waals surface area (Å²) in [5.74, 6) is 1.03. The molecule has 1 amide bonds. The molecule has 0 atom stereocenters. The molecule has 0 spiro atoms. The molecule has 0 aliphatic rings. The molecule has 0 radical (unpaired) electrons. The molecule has 2 aromatic carbocycles. The molecular weight excluding hydrogens is 304 g/mol. The maximum Gasteiger partial charge on any atom is 0.236 e. The molecule has 5 heteroatoms. The number of methoxy groups -OCH3 is 1. The Morgan fingerprint density at radius 1 is 1.12 bits per heavy atom. The predicted octanol–water partition coefficient (Wildman–Crippen LogP) is 3.26. The van der Waals surface area contributed by atoms with Crippen LogP contribution in [0.5, 0.6) is 11.5 Å². The monoisotopic (exact) mass is 324 g/mol. The Morgan fingerprint density at radius 3 is 2.62 bits per heavy atom. The molecule has 24 heavy (non-hydrogen) atoms. The summed E-state index contributed by atoms with van der Waals surface area (Å²) in [4.78, 5) is 10.8. The van der Waals surface area contributed by atoms with Crippen molar-refractivity contribution in [3.8, 4) is 11.5 Å². The van der Waals surface area contributed by atoms with Crippen molar-refractivity contribution >= 4 is 18.2 Å². The number of rotatable bonds is 7. The van der Waals surface area contributed by atoms with E-state index >= 15 is 0 Å². The Hall–Kier alpha value is -3.08. The molecule has 0 saturated heterocycles. The van der Waals surface area contributed by atoms with E-state index in [-0.39, 0.29) is 5.91 Å². The van der Waals surface area contributed by atoms with Crippen molar-refractivity contribution in [1.82, 2.24) is 5.43 Å². The lowest BCUT2D eigenvalue weighted by molar-refractivity contribution is -0.118. The maximum absolute atomic E-state index is 10.8. The van der Waals surface area contributed by atoms with Gasteiger partial charge in [-0.2, -0.15) is 5.10 Å². The molecule has 0 bridgehead atoms. The van der Waals surface area contributed by atoms with Crippen LogP contribution in [0.3, 0.4) is 0 Å². The van der Waals surface area contributed by atoms with Gasteiger partial charge in [-0.05, 0) is 35.4 Å². The topological polar surface area (TPSA) is 59.9 Å². The van der Waals surface area contributed by atoms with Gasteiger partial charge in [0.2, 0.25) is 5.91 Å². The molecule has 2 aromatic rings.